The zero-order chi connectivity index (χ0) is 27.7. The zero-order valence-corrected chi connectivity index (χ0v) is 22.8. The molecule has 0 fully saturated rings. The summed E-state index contributed by atoms with van der Waals surface area (Å²) in [6.45, 7) is 7.59. The van der Waals surface area contributed by atoms with Gasteiger partial charge < -0.3 is 15.1 Å². The van der Waals surface area contributed by atoms with Crippen LogP contribution in [0.5, 0.6) is 5.75 Å². The van der Waals surface area contributed by atoms with Gasteiger partial charge in [0.25, 0.3) is 5.91 Å². The Morgan fingerprint density at radius 2 is 1.59 bits per heavy atom. The minimum absolute atomic E-state index is 0.00938. The van der Waals surface area contributed by atoms with Crippen LogP contribution in [-0.4, -0.2) is 40.0 Å². The lowest BCUT2D eigenvalue weighted by atomic mass is 9.94. The topological polar surface area (TPSA) is 94.0 Å². The average Bonchev–Trinajstić information content (AvgIpc) is 3.47. The maximum atomic E-state index is 14.0. The SMILES string of the molecule is CCN(CC)c1ccc(N2C(=O)C(O)=C(C(=O)c3sc(-c4ccccc4)nc3C)C2c2ccc(O)cc2)cc1. The molecule has 0 aliphatic carbocycles. The fraction of sp³-hybridized carbons (Fsp3) is 0.194. The molecule has 0 bridgehead atoms. The van der Waals surface area contributed by atoms with E-state index in [2.05, 4.69) is 23.7 Å². The molecule has 1 aromatic heterocycles. The van der Waals surface area contributed by atoms with E-state index in [9.17, 15) is 19.8 Å². The number of aromatic nitrogens is 1. The molecule has 4 aromatic rings. The van der Waals surface area contributed by atoms with Crippen LogP contribution < -0.4 is 9.80 Å². The average molecular weight is 540 g/mol. The lowest BCUT2D eigenvalue weighted by molar-refractivity contribution is -0.117. The number of benzene rings is 3. The van der Waals surface area contributed by atoms with Crippen LogP contribution in [0.15, 0.2) is 90.2 Å². The Labute approximate surface area is 231 Å². The first-order chi connectivity index (χ1) is 18.8. The van der Waals surface area contributed by atoms with Crippen molar-refractivity contribution in [1.82, 2.24) is 4.98 Å². The van der Waals surface area contributed by atoms with Crippen LogP contribution in [0.2, 0.25) is 0 Å². The second kappa shape index (κ2) is 10.7. The van der Waals surface area contributed by atoms with Crippen LogP contribution in [0.4, 0.5) is 11.4 Å². The van der Waals surface area contributed by atoms with Crippen molar-refractivity contribution in [2.75, 3.05) is 22.9 Å². The summed E-state index contributed by atoms with van der Waals surface area (Å²) in [6, 6.07) is 22.5. The number of hydrogen-bond donors (Lipinski definition) is 2. The fourth-order valence-electron chi connectivity index (χ4n) is 4.92. The van der Waals surface area contributed by atoms with E-state index in [1.807, 2.05) is 54.6 Å². The summed E-state index contributed by atoms with van der Waals surface area (Å²) in [5, 5.41) is 21.7. The van der Waals surface area contributed by atoms with Gasteiger partial charge in [0.05, 0.1) is 22.2 Å². The molecule has 0 saturated carbocycles. The molecule has 1 unspecified atom stereocenters. The Hall–Kier alpha value is -4.43. The maximum absolute atomic E-state index is 14.0. The van der Waals surface area contributed by atoms with Crippen LogP contribution in [-0.2, 0) is 4.79 Å². The number of aromatic hydroxyl groups is 1. The maximum Gasteiger partial charge on any atom is 0.294 e. The number of aliphatic hydroxyl groups is 1. The van der Waals surface area contributed by atoms with Crippen molar-refractivity contribution in [1.29, 1.82) is 0 Å². The van der Waals surface area contributed by atoms with Gasteiger partial charge in [-0.2, -0.15) is 0 Å². The largest absolute Gasteiger partial charge is 0.508 e. The number of carbonyl (C=O) groups is 2. The minimum Gasteiger partial charge on any atom is -0.508 e. The van der Waals surface area contributed by atoms with E-state index in [1.165, 1.54) is 28.4 Å². The highest BCUT2D eigenvalue weighted by Gasteiger charge is 2.45. The summed E-state index contributed by atoms with van der Waals surface area (Å²) < 4.78 is 0. The number of anilines is 2. The molecule has 2 N–H and O–H groups in total. The van der Waals surface area contributed by atoms with Gasteiger partial charge in [-0.25, -0.2) is 4.98 Å². The van der Waals surface area contributed by atoms with E-state index >= 15 is 0 Å². The van der Waals surface area contributed by atoms with Crippen molar-refractivity contribution in [3.8, 4) is 16.3 Å². The number of aryl methyl sites for hydroxylation is 1. The van der Waals surface area contributed by atoms with Gasteiger partial charge in [-0.05, 0) is 62.7 Å². The van der Waals surface area contributed by atoms with Crippen molar-refractivity contribution in [2.24, 2.45) is 0 Å². The summed E-state index contributed by atoms with van der Waals surface area (Å²) >= 11 is 1.24. The monoisotopic (exact) mass is 539 g/mol. The smallest absolute Gasteiger partial charge is 0.294 e. The third-order valence-electron chi connectivity index (χ3n) is 6.94. The minimum atomic E-state index is -0.883. The number of carbonyl (C=O) groups excluding carboxylic acids is 2. The summed E-state index contributed by atoms with van der Waals surface area (Å²) in [7, 11) is 0. The fourth-order valence-corrected chi connectivity index (χ4v) is 5.95. The van der Waals surface area contributed by atoms with E-state index in [1.54, 1.807) is 19.1 Å². The number of ketones is 1. The van der Waals surface area contributed by atoms with Gasteiger partial charge >= 0.3 is 0 Å². The Morgan fingerprint density at radius 3 is 2.21 bits per heavy atom. The van der Waals surface area contributed by atoms with Crippen LogP contribution >= 0.6 is 11.3 Å². The molecule has 8 heteroatoms. The molecule has 198 valence electrons. The molecule has 5 rings (SSSR count). The third kappa shape index (κ3) is 4.79. The number of thiazole rings is 1. The number of amides is 1. The quantitative estimate of drug-likeness (QED) is 0.250. The Kier molecular flexibility index (Phi) is 7.21. The van der Waals surface area contributed by atoms with Crippen LogP contribution in [0, 0.1) is 6.92 Å². The molecule has 1 atom stereocenters. The van der Waals surface area contributed by atoms with Gasteiger partial charge in [-0.3, -0.25) is 14.5 Å². The molecule has 1 amide bonds. The molecule has 3 aromatic carbocycles. The van der Waals surface area contributed by atoms with Gasteiger partial charge in [0, 0.05) is 30.0 Å². The first-order valence-corrected chi connectivity index (χ1v) is 13.6. The van der Waals surface area contributed by atoms with E-state index in [-0.39, 0.29) is 11.3 Å². The van der Waals surface area contributed by atoms with Crippen molar-refractivity contribution >= 4 is 34.4 Å². The van der Waals surface area contributed by atoms with Crippen LogP contribution in [0.3, 0.4) is 0 Å². The summed E-state index contributed by atoms with van der Waals surface area (Å²) in [4.78, 5) is 36.2. The molecule has 0 spiro atoms. The molecular weight excluding hydrogens is 510 g/mol. The zero-order valence-electron chi connectivity index (χ0n) is 22.0. The van der Waals surface area contributed by atoms with Crippen LogP contribution in [0.25, 0.3) is 10.6 Å². The molecule has 2 heterocycles. The predicted octanol–water partition coefficient (Wildman–Crippen LogP) is 6.45. The molecule has 0 saturated heterocycles. The van der Waals surface area contributed by atoms with Crippen molar-refractivity contribution < 1.29 is 19.8 Å². The highest BCUT2D eigenvalue weighted by atomic mass is 32.1. The van der Waals surface area contributed by atoms with E-state index in [0.717, 1.165) is 24.3 Å². The molecular formula is C31H29N3O4S. The number of nitrogens with zero attached hydrogens (tertiary/aromatic N) is 3. The number of hydrogen-bond acceptors (Lipinski definition) is 7. The summed E-state index contributed by atoms with van der Waals surface area (Å²) in [5.74, 6) is -1.62. The molecule has 39 heavy (non-hydrogen) atoms. The van der Waals surface area contributed by atoms with Gasteiger partial charge in [0.1, 0.15) is 10.8 Å². The van der Waals surface area contributed by atoms with E-state index in [0.29, 0.717) is 26.8 Å². The van der Waals surface area contributed by atoms with Gasteiger partial charge in [0.2, 0.25) is 5.78 Å². The predicted molar refractivity (Wildman–Crippen MR) is 155 cm³/mol. The lowest BCUT2D eigenvalue weighted by Crippen LogP contribution is -2.31. The van der Waals surface area contributed by atoms with E-state index in [4.69, 9.17) is 0 Å². The molecule has 1 aliphatic rings. The second-order valence-corrected chi connectivity index (χ2v) is 10.2. The summed E-state index contributed by atoms with van der Waals surface area (Å²) in [5.41, 5.74) is 3.56. The van der Waals surface area contributed by atoms with Gasteiger partial charge in [0.15, 0.2) is 5.76 Å². The molecule has 1 aliphatic heterocycles. The van der Waals surface area contributed by atoms with Crippen molar-refractivity contribution in [3.63, 3.8) is 0 Å². The number of phenols is 1. The summed E-state index contributed by atoms with van der Waals surface area (Å²) in [6.07, 6.45) is 0. The Bertz CT molecular complexity index is 1540. The number of aliphatic hydroxyl groups excluding tert-OH is 1. The number of rotatable bonds is 8. The van der Waals surface area contributed by atoms with Crippen molar-refractivity contribution in [3.05, 3.63) is 106 Å². The molecule has 0 radical (unpaired) electrons. The second-order valence-electron chi connectivity index (χ2n) is 9.25. The Balaban J connectivity index is 1.59. The normalized spacial score (nSPS) is 15.2. The third-order valence-corrected chi connectivity index (χ3v) is 8.15. The van der Waals surface area contributed by atoms with Gasteiger partial charge in [-0.15, -0.1) is 11.3 Å². The number of Topliss-reactive ketones (excluding diaryl/α,β-unsaturated/α-hetero) is 1. The van der Waals surface area contributed by atoms with E-state index < -0.39 is 23.5 Å². The number of phenolic OH excluding ortho intramolecular Hbond substituents is 1. The highest BCUT2D eigenvalue weighted by Crippen LogP contribution is 2.44. The van der Waals surface area contributed by atoms with Crippen molar-refractivity contribution in [2.45, 2.75) is 26.8 Å². The van der Waals surface area contributed by atoms with Gasteiger partial charge in [-0.1, -0.05) is 42.5 Å². The standard InChI is InChI=1S/C31H29N3O4S/c1-4-33(5-2)22-13-15-23(16-14-22)34-26(20-11-17-24(35)18-12-20)25(28(37)31(34)38)27(36)29-19(3)32-30(39-29)21-9-7-6-8-10-21/h6-18,26,35,37H,4-5H2,1-3H3. The first kappa shape index (κ1) is 26.2. The van der Waals surface area contributed by atoms with Crippen LogP contribution in [0.1, 0.15) is 40.8 Å². The molecule has 7 nitrogen and oxygen atoms in total. The first-order valence-electron chi connectivity index (χ1n) is 12.8. The highest BCUT2D eigenvalue weighted by molar-refractivity contribution is 7.17. The lowest BCUT2D eigenvalue weighted by Gasteiger charge is -2.28. The Morgan fingerprint density at radius 1 is 0.949 bits per heavy atom.